The highest BCUT2D eigenvalue weighted by atomic mass is 35.7. The van der Waals surface area contributed by atoms with E-state index in [1.165, 1.54) is 55.5 Å². The lowest BCUT2D eigenvalue weighted by Gasteiger charge is -2.17. The molecule has 0 amide bonds. The van der Waals surface area contributed by atoms with Crippen LogP contribution in [0, 0.1) is 0 Å². The Balaban J connectivity index is 2.53. The Kier molecular flexibility index (Phi) is 7.91. The smallest absolute Gasteiger partial charge is 0.360 e. The van der Waals surface area contributed by atoms with E-state index in [2.05, 4.69) is 4.79 Å². The van der Waals surface area contributed by atoms with Crippen molar-refractivity contribution >= 4 is 56.7 Å². The summed E-state index contributed by atoms with van der Waals surface area (Å²) in [6.07, 6.45) is -0.342. The van der Waals surface area contributed by atoms with E-state index in [1.807, 2.05) is 0 Å². The van der Waals surface area contributed by atoms with Gasteiger partial charge in [-0.25, -0.2) is 16.8 Å². The summed E-state index contributed by atoms with van der Waals surface area (Å²) in [5.41, 5.74) is 9.46. The molecule has 0 unspecified atom stereocenters. The maximum absolute atomic E-state index is 12.6. The van der Waals surface area contributed by atoms with Crippen LogP contribution in [0.5, 0.6) is 0 Å². The van der Waals surface area contributed by atoms with Crippen LogP contribution in [0.1, 0.15) is 36.8 Å². The Morgan fingerprint density at radius 2 is 1.23 bits per heavy atom. The standard InChI is InChI=1S/C19H16Cl2N2O6S2/c1-2-17(24)19(23-22)18(25)11-16(12-3-7-14(8-4-12)30(20,26)27)13-5-9-15(10-6-13)31(21,28)29/h3-10,16H,2,11H2,1H3. The lowest BCUT2D eigenvalue weighted by Crippen LogP contribution is -2.26. The minimum atomic E-state index is -3.96. The molecular weight excluding hydrogens is 487 g/mol. The van der Waals surface area contributed by atoms with Crippen molar-refractivity contribution in [1.82, 2.24) is 0 Å². The summed E-state index contributed by atoms with van der Waals surface area (Å²) in [6.45, 7) is 1.51. The molecule has 0 heterocycles. The molecule has 0 aliphatic carbocycles. The molecule has 2 rings (SSSR count). The van der Waals surface area contributed by atoms with Crippen molar-refractivity contribution in [2.45, 2.75) is 35.5 Å². The predicted octanol–water partition coefficient (Wildman–Crippen LogP) is 3.28. The molecule has 12 heteroatoms. The zero-order valence-electron chi connectivity index (χ0n) is 16.0. The van der Waals surface area contributed by atoms with Gasteiger partial charge < -0.3 is 5.53 Å². The molecule has 0 bridgehead atoms. The van der Waals surface area contributed by atoms with E-state index in [1.54, 1.807) is 0 Å². The number of rotatable bonds is 9. The van der Waals surface area contributed by atoms with Crippen molar-refractivity contribution in [3.8, 4) is 0 Å². The second-order valence-corrected chi connectivity index (χ2v) is 11.6. The molecule has 2 aromatic carbocycles. The number of carbonyl (C=O) groups is 2. The average molecular weight is 503 g/mol. The van der Waals surface area contributed by atoms with Crippen LogP contribution >= 0.6 is 21.4 Å². The molecule has 0 fully saturated rings. The molecular formula is C19H16Cl2N2O6S2. The number of benzene rings is 2. The lowest BCUT2D eigenvalue weighted by molar-refractivity contribution is -0.124. The van der Waals surface area contributed by atoms with E-state index >= 15 is 0 Å². The predicted molar refractivity (Wildman–Crippen MR) is 114 cm³/mol. The molecule has 164 valence electrons. The number of hydrogen-bond donors (Lipinski definition) is 0. The number of halogens is 2. The fourth-order valence-electron chi connectivity index (χ4n) is 2.87. The Morgan fingerprint density at radius 3 is 1.52 bits per heavy atom. The minimum Gasteiger partial charge on any atom is -0.360 e. The largest absolute Gasteiger partial charge is 0.400 e. The van der Waals surface area contributed by atoms with Gasteiger partial charge in [0.25, 0.3) is 18.1 Å². The second kappa shape index (κ2) is 9.84. The fourth-order valence-corrected chi connectivity index (χ4v) is 4.41. The number of Topliss-reactive ketones (excluding diaryl/α,β-unsaturated/α-hetero) is 2. The topological polar surface area (TPSA) is 139 Å². The van der Waals surface area contributed by atoms with Gasteiger partial charge in [-0.05, 0) is 35.4 Å². The highest BCUT2D eigenvalue weighted by molar-refractivity contribution is 8.14. The van der Waals surface area contributed by atoms with Crippen molar-refractivity contribution in [1.29, 1.82) is 0 Å². The van der Waals surface area contributed by atoms with Crippen LogP contribution in [0.2, 0.25) is 0 Å². The van der Waals surface area contributed by atoms with Crippen LogP contribution in [-0.4, -0.2) is 38.9 Å². The first-order chi connectivity index (χ1) is 14.4. The van der Waals surface area contributed by atoms with Gasteiger partial charge >= 0.3 is 5.71 Å². The molecule has 0 saturated carbocycles. The third-order valence-electron chi connectivity index (χ3n) is 4.47. The van der Waals surface area contributed by atoms with E-state index in [0.717, 1.165) is 0 Å². The SMILES string of the molecule is CCC(=O)C(=[N+]=[N-])C(=O)CC(c1ccc(S(=O)(=O)Cl)cc1)c1ccc(S(=O)(=O)Cl)cc1. The molecule has 0 atom stereocenters. The number of ketones is 2. The van der Waals surface area contributed by atoms with Crippen molar-refractivity contribution in [3.05, 3.63) is 65.2 Å². The summed E-state index contributed by atoms with van der Waals surface area (Å²) in [5.74, 6) is -2.09. The summed E-state index contributed by atoms with van der Waals surface area (Å²) in [4.78, 5) is 27.0. The molecule has 8 nitrogen and oxygen atoms in total. The van der Waals surface area contributed by atoms with Gasteiger partial charge in [-0.2, -0.15) is 4.79 Å². The van der Waals surface area contributed by atoms with Crippen LogP contribution in [0.3, 0.4) is 0 Å². The molecule has 31 heavy (non-hydrogen) atoms. The van der Waals surface area contributed by atoms with E-state index in [4.69, 9.17) is 26.9 Å². The van der Waals surface area contributed by atoms with E-state index < -0.39 is 41.3 Å². The van der Waals surface area contributed by atoms with Gasteiger partial charge in [0.1, 0.15) is 0 Å². The van der Waals surface area contributed by atoms with E-state index in [9.17, 15) is 26.4 Å². The fraction of sp³-hybridized carbons (Fsp3) is 0.211. The molecule has 0 aliphatic heterocycles. The van der Waals surface area contributed by atoms with Gasteiger partial charge in [-0.3, -0.25) is 9.59 Å². The zero-order chi connectivity index (χ0) is 23.4. The third-order valence-corrected chi connectivity index (χ3v) is 7.21. The van der Waals surface area contributed by atoms with E-state index in [-0.39, 0.29) is 22.6 Å². The van der Waals surface area contributed by atoms with E-state index in [0.29, 0.717) is 11.1 Å². The summed E-state index contributed by atoms with van der Waals surface area (Å²) < 4.78 is 46.0. The van der Waals surface area contributed by atoms with Crippen LogP contribution < -0.4 is 0 Å². The lowest BCUT2D eigenvalue weighted by atomic mass is 9.86. The van der Waals surface area contributed by atoms with Crippen molar-refractivity contribution < 1.29 is 31.2 Å². The molecule has 0 N–H and O–H groups in total. The van der Waals surface area contributed by atoms with Crippen molar-refractivity contribution in [3.63, 3.8) is 0 Å². The second-order valence-electron chi connectivity index (χ2n) is 6.42. The van der Waals surface area contributed by atoms with Gasteiger partial charge in [0.15, 0.2) is 0 Å². The monoisotopic (exact) mass is 502 g/mol. The summed E-state index contributed by atoms with van der Waals surface area (Å²) in [7, 11) is 2.74. The van der Waals surface area contributed by atoms with Crippen molar-refractivity contribution in [2.24, 2.45) is 0 Å². The average Bonchev–Trinajstić information content (AvgIpc) is 2.71. The van der Waals surface area contributed by atoms with Gasteiger partial charge in [0, 0.05) is 40.1 Å². The normalized spacial score (nSPS) is 11.7. The maximum atomic E-state index is 12.6. The molecule has 0 aliphatic rings. The molecule has 0 aromatic heterocycles. The van der Waals surface area contributed by atoms with Crippen LogP contribution in [-0.2, 0) is 27.7 Å². The first-order valence-corrected chi connectivity index (χ1v) is 13.4. The van der Waals surface area contributed by atoms with Crippen molar-refractivity contribution in [2.75, 3.05) is 0 Å². The summed E-state index contributed by atoms with van der Waals surface area (Å²) >= 11 is 0. The van der Waals surface area contributed by atoms with Gasteiger partial charge in [0.05, 0.1) is 9.79 Å². The van der Waals surface area contributed by atoms with Crippen LogP contribution in [0.25, 0.3) is 5.53 Å². The zero-order valence-corrected chi connectivity index (χ0v) is 19.2. The molecule has 2 aromatic rings. The summed E-state index contributed by atoms with van der Waals surface area (Å²) in [5, 5.41) is 0. The Labute approximate surface area is 188 Å². The van der Waals surface area contributed by atoms with Crippen LogP contribution in [0.4, 0.5) is 0 Å². The van der Waals surface area contributed by atoms with Gasteiger partial charge in [-0.1, -0.05) is 31.2 Å². The number of carbonyl (C=O) groups excluding carboxylic acids is 2. The molecule has 0 saturated heterocycles. The Bertz CT molecular complexity index is 1190. The molecule has 0 spiro atoms. The number of nitrogens with zero attached hydrogens (tertiary/aromatic N) is 2. The minimum absolute atomic E-state index is 0.0413. The highest BCUT2D eigenvalue weighted by Crippen LogP contribution is 2.31. The Hall–Kier alpha value is -2.36. The third kappa shape index (κ3) is 6.32. The molecule has 0 radical (unpaired) electrons. The Morgan fingerprint density at radius 1 is 0.839 bits per heavy atom. The van der Waals surface area contributed by atoms with Gasteiger partial charge in [-0.15, -0.1) is 0 Å². The highest BCUT2D eigenvalue weighted by Gasteiger charge is 2.31. The van der Waals surface area contributed by atoms with Gasteiger partial charge in [0.2, 0.25) is 11.6 Å². The first kappa shape index (κ1) is 24.9. The number of hydrogen-bond acceptors (Lipinski definition) is 6. The maximum Gasteiger partial charge on any atom is 0.400 e. The van der Waals surface area contributed by atoms with Crippen LogP contribution in [0.15, 0.2) is 58.3 Å². The summed E-state index contributed by atoms with van der Waals surface area (Å²) in [6, 6.07) is 10.8. The first-order valence-electron chi connectivity index (χ1n) is 8.76. The quantitative estimate of drug-likeness (QED) is 0.169.